The summed E-state index contributed by atoms with van der Waals surface area (Å²) in [5.41, 5.74) is 3.52. The summed E-state index contributed by atoms with van der Waals surface area (Å²) in [5, 5.41) is 16.1. The summed E-state index contributed by atoms with van der Waals surface area (Å²) in [6, 6.07) is 13.6. The van der Waals surface area contributed by atoms with Crippen LogP contribution in [-0.2, 0) is 11.2 Å². The molecule has 0 aliphatic carbocycles. The van der Waals surface area contributed by atoms with Gasteiger partial charge in [0.2, 0.25) is 11.0 Å². The van der Waals surface area contributed by atoms with E-state index in [0.717, 1.165) is 11.3 Å². The van der Waals surface area contributed by atoms with Crippen LogP contribution < -0.4 is 10.7 Å². The molecule has 2 aromatic carbocycles. The van der Waals surface area contributed by atoms with E-state index in [1.807, 2.05) is 6.07 Å². The molecule has 0 atom stereocenters. The molecule has 0 radical (unpaired) electrons. The quantitative estimate of drug-likeness (QED) is 0.456. The van der Waals surface area contributed by atoms with Crippen molar-refractivity contribution in [2.24, 2.45) is 5.10 Å². The minimum atomic E-state index is -0.366. The molecule has 0 unspecified atom stereocenters. The molecule has 0 aliphatic heterocycles. The summed E-state index contributed by atoms with van der Waals surface area (Å²) in [6.07, 6.45) is 1.44. The van der Waals surface area contributed by atoms with Gasteiger partial charge in [-0.1, -0.05) is 52.7 Å². The van der Waals surface area contributed by atoms with E-state index in [-0.39, 0.29) is 18.2 Å². The molecule has 142 valence electrons. The highest BCUT2D eigenvalue weighted by molar-refractivity contribution is 7.15. The second-order valence-corrected chi connectivity index (χ2v) is 7.36. The molecule has 0 saturated carbocycles. The van der Waals surface area contributed by atoms with Crippen molar-refractivity contribution in [3.63, 3.8) is 0 Å². The average molecular weight is 434 g/mol. The maximum Gasteiger partial charge on any atom is 0.257 e. The van der Waals surface area contributed by atoms with Crippen LogP contribution in [0.5, 0.6) is 0 Å². The number of anilines is 1. The van der Waals surface area contributed by atoms with Crippen LogP contribution in [0.1, 0.15) is 20.9 Å². The molecule has 1 heterocycles. The smallest absolute Gasteiger partial charge is 0.257 e. The van der Waals surface area contributed by atoms with Crippen LogP contribution in [0.25, 0.3) is 0 Å². The molecule has 3 aromatic rings. The Labute approximate surface area is 174 Å². The third-order valence-corrected chi connectivity index (χ3v) is 4.84. The first-order chi connectivity index (χ1) is 13.5. The van der Waals surface area contributed by atoms with E-state index < -0.39 is 0 Å². The number of carbonyl (C=O) groups excluding carboxylic acids is 2. The number of nitrogens with one attached hydrogen (secondary N) is 2. The monoisotopic (exact) mass is 433 g/mol. The summed E-state index contributed by atoms with van der Waals surface area (Å²) >= 11 is 12.9. The van der Waals surface area contributed by atoms with E-state index in [9.17, 15) is 9.59 Å². The van der Waals surface area contributed by atoms with Gasteiger partial charge >= 0.3 is 0 Å². The van der Waals surface area contributed by atoms with Gasteiger partial charge in [-0.2, -0.15) is 5.10 Å². The van der Waals surface area contributed by atoms with Crippen molar-refractivity contribution in [1.82, 2.24) is 15.6 Å². The van der Waals surface area contributed by atoms with E-state index in [0.29, 0.717) is 31.3 Å². The Balaban J connectivity index is 1.52. The van der Waals surface area contributed by atoms with Crippen LogP contribution >= 0.6 is 34.5 Å². The van der Waals surface area contributed by atoms with Gasteiger partial charge in [0.1, 0.15) is 5.01 Å². The Morgan fingerprint density at radius 2 is 1.82 bits per heavy atom. The van der Waals surface area contributed by atoms with Crippen LogP contribution in [0.4, 0.5) is 5.13 Å². The molecule has 0 aliphatic rings. The fraction of sp³-hybridized carbons (Fsp3) is 0.0556. The Morgan fingerprint density at radius 1 is 1.07 bits per heavy atom. The van der Waals surface area contributed by atoms with Crippen molar-refractivity contribution in [2.45, 2.75) is 6.42 Å². The zero-order valence-electron chi connectivity index (χ0n) is 14.2. The summed E-state index contributed by atoms with van der Waals surface area (Å²) in [6.45, 7) is 0. The molecule has 0 fully saturated rings. The summed E-state index contributed by atoms with van der Waals surface area (Å²) in [4.78, 5) is 24.1. The topological polar surface area (TPSA) is 96.3 Å². The number of halogens is 2. The predicted octanol–water partition coefficient (Wildman–Crippen LogP) is 3.79. The van der Waals surface area contributed by atoms with Crippen LogP contribution in [0, 0.1) is 0 Å². The maximum absolute atomic E-state index is 12.1. The Hall–Kier alpha value is -2.81. The number of benzene rings is 2. The first-order valence-electron chi connectivity index (χ1n) is 7.97. The molecule has 7 nitrogen and oxygen atoms in total. The fourth-order valence-electron chi connectivity index (χ4n) is 2.08. The number of aromatic nitrogens is 2. The van der Waals surface area contributed by atoms with E-state index in [2.05, 4.69) is 26.0 Å². The highest BCUT2D eigenvalue weighted by Gasteiger charge is 2.12. The van der Waals surface area contributed by atoms with Gasteiger partial charge in [-0.15, -0.1) is 10.2 Å². The molecular formula is C18H13Cl2N5O2S. The van der Waals surface area contributed by atoms with Crippen molar-refractivity contribution in [1.29, 1.82) is 0 Å². The fourth-order valence-corrected chi connectivity index (χ4v) is 3.12. The molecule has 0 spiro atoms. The predicted molar refractivity (Wildman–Crippen MR) is 110 cm³/mol. The normalized spacial score (nSPS) is 10.8. The lowest BCUT2D eigenvalue weighted by Gasteiger charge is -2.00. The van der Waals surface area contributed by atoms with Gasteiger partial charge in [0.05, 0.1) is 12.6 Å². The van der Waals surface area contributed by atoms with Crippen molar-refractivity contribution in [3.05, 3.63) is 74.7 Å². The molecule has 3 rings (SSSR count). The van der Waals surface area contributed by atoms with Gasteiger partial charge in [-0.25, -0.2) is 5.43 Å². The van der Waals surface area contributed by atoms with E-state index in [4.69, 9.17) is 23.2 Å². The lowest BCUT2D eigenvalue weighted by atomic mass is 10.2. The Kier molecular flexibility index (Phi) is 6.70. The first kappa shape index (κ1) is 19.9. The van der Waals surface area contributed by atoms with Crippen molar-refractivity contribution >= 4 is 57.7 Å². The molecular weight excluding hydrogens is 421 g/mol. The van der Waals surface area contributed by atoms with Crippen molar-refractivity contribution in [2.75, 3.05) is 5.32 Å². The van der Waals surface area contributed by atoms with Crippen molar-refractivity contribution in [3.8, 4) is 0 Å². The standard InChI is InChI=1S/C18H13Cl2N5O2S/c19-13-7-5-11(6-8-13)17(27)22-18-25-24-16(28-18)9-15(26)23-21-10-12-3-1-2-4-14(12)20/h1-8,10H,9H2,(H,23,26)(H,22,25,27)/b21-10-. The molecule has 0 bridgehead atoms. The molecule has 2 amide bonds. The van der Waals surface area contributed by atoms with Crippen LogP contribution in [0.2, 0.25) is 10.0 Å². The zero-order chi connectivity index (χ0) is 19.9. The van der Waals surface area contributed by atoms with Gasteiger partial charge in [0, 0.05) is 21.2 Å². The summed E-state index contributed by atoms with van der Waals surface area (Å²) in [7, 11) is 0. The van der Waals surface area contributed by atoms with Gasteiger partial charge < -0.3 is 0 Å². The number of hydrazone groups is 1. The average Bonchev–Trinajstić information content (AvgIpc) is 3.10. The molecule has 0 saturated heterocycles. The number of nitrogens with zero attached hydrogens (tertiary/aromatic N) is 3. The van der Waals surface area contributed by atoms with Crippen LogP contribution in [-0.4, -0.2) is 28.2 Å². The Bertz CT molecular complexity index is 1020. The minimum Gasteiger partial charge on any atom is -0.296 e. The SMILES string of the molecule is O=C(Cc1nnc(NC(=O)c2ccc(Cl)cc2)s1)N/N=C\c1ccccc1Cl. The highest BCUT2D eigenvalue weighted by Crippen LogP contribution is 2.17. The van der Waals surface area contributed by atoms with Crippen molar-refractivity contribution < 1.29 is 9.59 Å². The number of hydrogen-bond donors (Lipinski definition) is 2. The lowest BCUT2D eigenvalue weighted by molar-refractivity contribution is -0.120. The van der Waals surface area contributed by atoms with Crippen LogP contribution in [0.15, 0.2) is 53.6 Å². The van der Waals surface area contributed by atoms with Gasteiger partial charge in [0.15, 0.2) is 0 Å². The third kappa shape index (κ3) is 5.59. The summed E-state index contributed by atoms with van der Waals surface area (Å²) < 4.78 is 0. The lowest BCUT2D eigenvalue weighted by Crippen LogP contribution is -2.19. The number of hydrogen-bond acceptors (Lipinski definition) is 6. The number of carbonyl (C=O) groups is 2. The second kappa shape index (κ2) is 9.41. The van der Waals surface area contributed by atoms with E-state index in [1.54, 1.807) is 42.5 Å². The van der Waals surface area contributed by atoms with Crippen LogP contribution in [0.3, 0.4) is 0 Å². The first-order valence-corrected chi connectivity index (χ1v) is 9.54. The molecule has 1 aromatic heterocycles. The number of rotatable bonds is 6. The second-order valence-electron chi connectivity index (χ2n) is 5.45. The minimum absolute atomic E-state index is 0.0195. The Morgan fingerprint density at radius 3 is 2.57 bits per heavy atom. The van der Waals surface area contributed by atoms with Gasteiger partial charge in [-0.05, 0) is 30.3 Å². The maximum atomic E-state index is 12.1. The largest absolute Gasteiger partial charge is 0.296 e. The van der Waals surface area contributed by atoms with E-state index >= 15 is 0 Å². The van der Waals surface area contributed by atoms with E-state index in [1.165, 1.54) is 6.21 Å². The third-order valence-electron chi connectivity index (χ3n) is 3.40. The molecule has 2 N–H and O–H groups in total. The zero-order valence-corrected chi connectivity index (χ0v) is 16.6. The molecule has 28 heavy (non-hydrogen) atoms. The van der Waals surface area contributed by atoms with Gasteiger partial charge in [0.25, 0.3) is 5.91 Å². The summed E-state index contributed by atoms with van der Waals surface area (Å²) in [5.74, 6) is -0.705. The number of amides is 2. The van der Waals surface area contributed by atoms with Gasteiger partial charge in [-0.3, -0.25) is 14.9 Å². The molecule has 10 heteroatoms. The highest BCUT2D eigenvalue weighted by atomic mass is 35.5.